The van der Waals surface area contributed by atoms with E-state index in [9.17, 15) is 1.37 Å². The molecular formula is C42H26O. The Morgan fingerprint density at radius 3 is 1.70 bits per heavy atom. The van der Waals surface area contributed by atoms with Gasteiger partial charge in [-0.2, -0.15) is 0 Å². The molecule has 9 rings (SSSR count). The molecular weight excluding hydrogens is 520 g/mol. The molecule has 0 aliphatic rings. The number of rotatable bonds is 3. The van der Waals surface area contributed by atoms with Crippen molar-refractivity contribution in [2.75, 3.05) is 0 Å². The van der Waals surface area contributed by atoms with E-state index < -0.39 is 54.4 Å². The minimum atomic E-state index is -0.525. The molecule has 0 radical (unpaired) electrons. The quantitative estimate of drug-likeness (QED) is 0.197. The highest BCUT2D eigenvalue weighted by Gasteiger charge is 2.22. The van der Waals surface area contributed by atoms with E-state index >= 15 is 0 Å². The molecule has 0 saturated carbocycles. The number of furan rings is 1. The van der Waals surface area contributed by atoms with E-state index in [1.54, 1.807) is 12.1 Å². The van der Waals surface area contributed by atoms with Gasteiger partial charge < -0.3 is 4.42 Å². The summed E-state index contributed by atoms with van der Waals surface area (Å²) in [5.74, 6) is 0. The Morgan fingerprint density at radius 1 is 0.419 bits per heavy atom. The Balaban J connectivity index is 1.47. The average molecular weight is 559 g/mol. The van der Waals surface area contributed by atoms with Crippen LogP contribution >= 0.6 is 0 Å². The van der Waals surface area contributed by atoms with E-state index in [1.165, 1.54) is 0 Å². The first-order chi connectivity index (χ1) is 26.3. The Bertz CT molecular complexity index is 3090. The molecule has 0 atom stereocenters. The van der Waals surface area contributed by atoms with Crippen molar-refractivity contribution in [3.8, 4) is 33.4 Å². The summed E-state index contributed by atoms with van der Waals surface area (Å²) in [6.45, 7) is 0. The van der Waals surface area contributed by atoms with E-state index in [2.05, 4.69) is 0 Å². The van der Waals surface area contributed by atoms with Gasteiger partial charge in [-0.1, -0.05) is 145 Å². The zero-order chi connectivity index (χ0) is 38.8. The molecule has 0 amide bonds. The second kappa shape index (κ2) is 9.44. The number of hydrogen-bond acceptors (Lipinski definition) is 1. The van der Waals surface area contributed by atoms with Crippen LogP contribution in [0.4, 0.5) is 0 Å². The van der Waals surface area contributed by atoms with Crippen LogP contribution in [-0.4, -0.2) is 0 Å². The monoisotopic (exact) mass is 558 g/mol. The third-order valence-corrected chi connectivity index (χ3v) is 8.06. The van der Waals surface area contributed by atoms with Crippen LogP contribution in [0.15, 0.2) is 162 Å². The lowest BCUT2D eigenvalue weighted by Gasteiger charge is -2.19. The van der Waals surface area contributed by atoms with Crippen LogP contribution in [0.3, 0.4) is 0 Å². The molecule has 0 spiro atoms. The van der Waals surface area contributed by atoms with Crippen molar-refractivity contribution < 1.29 is 20.9 Å². The van der Waals surface area contributed by atoms with Crippen molar-refractivity contribution >= 4 is 54.3 Å². The SMILES string of the molecule is [2H]c1c([2H])c([2H])c(-c2ccc(-c3c4ccccc4c(-c4c([2H])c([2H])c([2H])c5c([2H])c([2H])c([2H])c([2H])c45)c4ccccc34)c3c2oc2ccccc23)c([2H])c1[2H]. The molecule has 0 N–H and O–H groups in total. The number of para-hydroxylation sites is 1. The summed E-state index contributed by atoms with van der Waals surface area (Å²) >= 11 is 0. The summed E-state index contributed by atoms with van der Waals surface area (Å²) in [5, 5.41) is 3.94. The fourth-order valence-corrected chi connectivity index (χ4v) is 6.31. The molecule has 43 heavy (non-hydrogen) atoms. The van der Waals surface area contributed by atoms with Crippen molar-refractivity contribution in [3.63, 3.8) is 0 Å². The summed E-state index contributed by atoms with van der Waals surface area (Å²) in [4.78, 5) is 0. The van der Waals surface area contributed by atoms with Gasteiger partial charge in [-0.3, -0.25) is 0 Å². The topological polar surface area (TPSA) is 13.1 Å². The largest absolute Gasteiger partial charge is 0.455 e. The van der Waals surface area contributed by atoms with Gasteiger partial charge in [-0.05, 0) is 72.3 Å². The lowest BCUT2D eigenvalue weighted by molar-refractivity contribution is 0.670. The Morgan fingerprint density at radius 2 is 0.977 bits per heavy atom. The second-order valence-electron chi connectivity index (χ2n) is 10.3. The van der Waals surface area contributed by atoms with Crippen molar-refractivity contribution in [1.82, 2.24) is 0 Å². The molecule has 1 aromatic heterocycles. The molecule has 8 aromatic carbocycles. The summed E-state index contributed by atoms with van der Waals surface area (Å²) in [7, 11) is 0. The highest BCUT2D eigenvalue weighted by Crippen LogP contribution is 2.49. The fraction of sp³-hybridized carbons (Fsp3) is 0. The third kappa shape index (κ3) is 3.58. The van der Waals surface area contributed by atoms with Crippen LogP contribution in [-0.2, 0) is 0 Å². The predicted molar refractivity (Wildman–Crippen MR) is 183 cm³/mol. The standard InChI is InChI=1S/C42H26O/c1-2-13-28(14-3-1)30-25-26-37(41-36-22-10-11-24-38(36)43-42(30)41)40-34-20-8-6-18-32(34)39(33-19-7-9-21-35(33)40)31-23-12-16-27-15-4-5-17-29(27)31/h1-26H/i1D,2D,3D,4D,5D,12D,13D,14D,15D,16D,17D,23D. The first-order valence-corrected chi connectivity index (χ1v) is 13.8. The summed E-state index contributed by atoms with van der Waals surface area (Å²) in [6, 6.07) is 20.7. The van der Waals surface area contributed by atoms with E-state index in [0.29, 0.717) is 49.2 Å². The second-order valence-corrected chi connectivity index (χ2v) is 10.3. The maximum atomic E-state index is 9.23. The molecule has 0 unspecified atom stereocenters. The Labute approximate surface area is 266 Å². The predicted octanol–water partition coefficient (Wildman–Crippen LogP) is 12.0. The van der Waals surface area contributed by atoms with Crippen molar-refractivity contribution in [1.29, 1.82) is 0 Å². The van der Waals surface area contributed by atoms with Gasteiger partial charge in [-0.15, -0.1) is 0 Å². The van der Waals surface area contributed by atoms with Gasteiger partial charge in [0.1, 0.15) is 11.2 Å². The third-order valence-electron chi connectivity index (χ3n) is 8.06. The van der Waals surface area contributed by atoms with E-state index in [-0.39, 0.29) is 40.0 Å². The van der Waals surface area contributed by atoms with Crippen LogP contribution in [0.1, 0.15) is 16.4 Å². The maximum absolute atomic E-state index is 9.23. The summed E-state index contributed by atoms with van der Waals surface area (Å²) in [6.07, 6.45) is 0. The van der Waals surface area contributed by atoms with Gasteiger partial charge in [0.25, 0.3) is 0 Å². The molecule has 0 bridgehead atoms. The van der Waals surface area contributed by atoms with Gasteiger partial charge in [-0.25, -0.2) is 0 Å². The van der Waals surface area contributed by atoms with Crippen LogP contribution < -0.4 is 0 Å². The van der Waals surface area contributed by atoms with Crippen molar-refractivity contribution in [2.24, 2.45) is 0 Å². The van der Waals surface area contributed by atoms with Gasteiger partial charge in [0.15, 0.2) is 0 Å². The Hall–Kier alpha value is -5.66. The van der Waals surface area contributed by atoms with Gasteiger partial charge in [0, 0.05) is 16.3 Å². The number of benzene rings is 8. The fourth-order valence-electron chi connectivity index (χ4n) is 6.31. The highest BCUT2D eigenvalue weighted by atomic mass is 16.3. The van der Waals surface area contributed by atoms with Crippen LogP contribution in [0.2, 0.25) is 0 Å². The van der Waals surface area contributed by atoms with E-state index in [1.807, 2.05) is 72.8 Å². The minimum absolute atomic E-state index is 0.00810. The molecule has 1 nitrogen and oxygen atoms in total. The first-order valence-electron chi connectivity index (χ1n) is 19.8. The van der Waals surface area contributed by atoms with Crippen LogP contribution in [0, 0.1) is 0 Å². The number of fused-ring (bicyclic) bond motifs is 6. The van der Waals surface area contributed by atoms with Crippen LogP contribution in [0.25, 0.3) is 87.6 Å². The molecule has 9 aromatic rings. The minimum Gasteiger partial charge on any atom is -0.455 e. The molecule has 0 aliphatic carbocycles. The van der Waals surface area contributed by atoms with Crippen molar-refractivity contribution in [3.05, 3.63) is 157 Å². The molecule has 200 valence electrons. The maximum Gasteiger partial charge on any atom is 0.143 e. The normalized spacial score (nSPS) is 15.6. The van der Waals surface area contributed by atoms with E-state index in [0.717, 1.165) is 16.5 Å². The lowest BCUT2D eigenvalue weighted by Crippen LogP contribution is -1.92. The van der Waals surface area contributed by atoms with Crippen LogP contribution in [0.5, 0.6) is 0 Å². The first kappa shape index (κ1) is 15.0. The number of hydrogen-bond donors (Lipinski definition) is 0. The molecule has 0 aliphatic heterocycles. The average Bonchev–Trinajstić information content (AvgIpc) is 3.59. The zero-order valence-corrected chi connectivity index (χ0v) is 22.5. The van der Waals surface area contributed by atoms with Crippen molar-refractivity contribution in [2.45, 2.75) is 0 Å². The molecule has 0 saturated heterocycles. The smallest absolute Gasteiger partial charge is 0.143 e. The summed E-state index contributed by atoms with van der Waals surface area (Å²) in [5.41, 5.74) is 3.28. The summed E-state index contributed by atoms with van der Waals surface area (Å²) < 4.78 is 110. The Kier molecular flexibility index (Phi) is 3.29. The molecule has 1 heterocycles. The zero-order valence-electron chi connectivity index (χ0n) is 34.5. The highest BCUT2D eigenvalue weighted by molar-refractivity contribution is 6.27. The van der Waals surface area contributed by atoms with Gasteiger partial charge in [0.2, 0.25) is 0 Å². The van der Waals surface area contributed by atoms with E-state index in [4.69, 9.17) is 19.5 Å². The van der Waals surface area contributed by atoms with Gasteiger partial charge in [0.05, 0.1) is 16.4 Å². The molecule has 1 heteroatoms. The molecule has 0 fully saturated rings. The lowest BCUT2D eigenvalue weighted by atomic mass is 9.83. The van der Waals surface area contributed by atoms with Gasteiger partial charge >= 0.3 is 0 Å².